The topological polar surface area (TPSA) is 405 Å². The average molecular weight is 1210 g/mol. The van der Waals surface area contributed by atoms with Crippen LogP contribution in [0.15, 0.2) is 73.3 Å². The van der Waals surface area contributed by atoms with Crippen molar-refractivity contribution in [2.45, 2.75) is 139 Å². The summed E-state index contributed by atoms with van der Waals surface area (Å²) in [7, 11) is 0. The number of aromatic nitrogens is 3. The first-order valence-corrected chi connectivity index (χ1v) is 29.2. The van der Waals surface area contributed by atoms with Crippen LogP contribution in [0.1, 0.15) is 82.0 Å². The van der Waals surface area contributed by atoms with Gasteiger partial charge in [0.2, 0.25) is 53.2 Å². The molecule has 85 heavy (non-hydrogen) atoms. The number of nitrogens with zero attached hydrogens (tertiary/aromatic N) is 3. The molecule has 0 unspecified atom stereocenters. The number of nitrogens with one attached hydrogen (secondary N) is 11. The minimum absolute atomic E-state index is 0.0718. The number of H-pyrrole nitrogens is 2. The second-order valence-electron chi connectivity index (χ2n) is 20.9. The van der Waals surface area contributed by atoms with Gasteiger partial charge >= 0.3 is 5.97 Å². The number of ketones is 1. The molecule has 2 fully saturated rings. The Balaban J connectivity index is 1.28. The van der Waals surface area contributed by atoms with Gasteiger partial charge in [0, 0.05) is 87.0 Å². The Labute approximate surface area is 501 Å². The third kappa shape index (κ3) is 19.0. The molecule has 4 heterocycles. The van der Waals surface area contributed by atoms with E-state index in [1.807, 2.05) is 18.2 Å². The van der Waals surface area contributed by atoms with E-state index in [2.05, 4.69) is 82.7 Å². The van der Waals surface area contributed by atoms with E-state index in [0.717, 1.165) is 10.9 Å². The summed E-state index contributed by atoms with van der Waals surface area (Å²) in [6.07, 6.45) is 4.87. The third-order valence-electron chi connectivity index (χ3n) is 14.6. The quantitative estimate of drug-likeness (QED) is 0.0123. The van der Waals surface area contributed by atoms with Crippen molar-refractivity contribution >= 4 is 107 Å². The van der Waals surface area contributed by atoms with Crippen molar-refractivity contribution in [3.05, 3.63) is 90.1 Å². The number of carboxylic acid groups (broad SMARTS) is 1. The number of amides is 9. The van der Waals surface area contributed by atoms with Gasteiger partial charge < -0.3 is 73.1 Å². The number of carboxylic acids is 1. The number of Topliss-reactive ketones (excluding diaryl/α,β-unsaturated/α-hetero) is 1. The Kier molecular flexibility index (Phi) is 24.7. The monoisotopic (exact) mass is 1210 g/mol. The van der Waals surface area contributed by atoms with Gasteiger partial charge in [0.05, 0.1) is 18.1 Å². The largest absolute Gasteiger partial charge is 0.481 e. The molecule has 4 aromatic rings. The summed E-state index contributed by atoms with van der Waals surface area (Å²) in [6.45, 7) is 3.26. The standard InChI is InChI=1S/C56H75N15O12S2/c1-31(72)45-16-9-21-70(45)55(83)46-17-10-22-71(46)54(82)44(29-85)69-51(79)41(24-34-26-61-37-14-7-6-13-36(34)37)67-48(76)38(15-8-20-60-56(57)58)64-50(78)40(23-33-11-4-3-5-12-33)66-52(80)42(25-35-27-59-30-62-35)68-49(77)39(18-19-47(74)75)65-53(81)43(28-84)63-32(2)73/h3-7,11-14,26-27,30,38-46,61,84-85H,8-10,15-25,28-29H2,1-2H3,(H,59,62)(H,63,73)(H,64,78)(H,65,81)(H,66,80)(H,67,76)(H,68,77)(H,69,79)(H,74,75)(H4,57,58,60)/t38-,39-,40+,41-,42-,43-,44-,45-,46-/m0/s1. The number of guanidine groups is 1. The van der Waals surface area contributed by atoms with E-state index in [-0.39, 0.29) is 80.0 Å². The lowest BCUT2D eigenvalue weighted by Crippen LogP contribution is -2.61. The number of benzene rings is 2. The van der Waals surface area contributed by atoms with Crippen LogP contribution >= 0.6 is 25.3 Å². The number of imidazole rings is 1. The minimum Gasteiger partial charge on any atom is -0.481 e. The van der Waals surface area contributed by atoms with Crippen molar-refractivity contribution in [2.24, 2.45) is 5.73 Å². The van der Waals surface area contributed by atoms with Gasteiger partial charge in [-0.05, 0) is 69.1 Å². The summed E-state index contributed by atoms with van der Waals surface area (Å²) >= 11 is 8.57. The van der Waals surface area contributed by atoms with Crippen LogP contribution < -0.4 is 48.3 Å². The molecule has 0 spiro atoms. The van der Waals surface area contributed by atoms with E-state index in [1.54, 1.807) is 42.6 Å². The molecule has 27 nitrogen and oxygen atoms in total. The van der Waals surface area contributed by atoms with Crippen LogP contribution in [0.5, 0.6) is 0 Å². The lowest BCUT2D eigenvalue weighted by molar-refractivity contribution is -0.147. The van der Waals surface area contributed by atoms with E-state index < -0.39 is 120 Å². The van der Waals surface area contributed by atoms with E-state index in [4.69, 9.17) is 11.1 Å². The molecule has 2 aromatic carbocycles. The number of aliphatic carboxylic acids is 1. The Hall–Kier alpha value is -8.47. The SMILES string of the molecule is CC(=O)N[C@@H](CS)C(=O)N[C@@H](CCC(=O)O)C(=O)N[C@@H](Cc1c[nH]cn1)C(=O)N[C@H](Cc1ccccc1)C(=O)N[C@@H](CCCNC(=N)N)C(=O)N[C@@H](Cc1c[nH]c2ccccc12)C(=O)N[C@@H](CS)C(=O)N1CCC[C@H]1C(=O)N1CCC[C@H]1C(C)=O. The second kappa shape index (κ2) is 32.0. The molecule has 9 amide bonds. The molecule has 0 radical (unpaired) electrons. The van der Waals surface area contributed by atoms with E-state index in [1.165, 1.54) is 36.2 Å². The van der Waals surface area contributed by atoms with Crippen LogP contribution in [0.2, 0.25) is 0 Å². The van der Waals surface area contributed by atoms with Crippen LogP contribution in [-0.4, -0.2) is 186 Å². The van der Waals surface area contributed by atoms with Crippen molar-refractivity contribution in [1.82, 2.24) is 67.3 Å². The number of hydrogen-bond acceptors (Lipinski definition) is 15. The van der Waals surface area contributed by atoms with Crippen molar-refractivity contribution < 1.29 is 57.8 Å². The highest BCUT2D eigenvalue weighted by Crippen LogP contribution is 2.26. The predicted octanol–water partition coefficient (Wildman–Crippen LogP) is -1.11. The fraction of sp³-hybridized carbons (Fsp3) is 0.482. The molecule has 6 rings (SSSR count). The van der Waals surface area contributed by atoms with Crippen molar-refractivity contribution in [1.29, 1.82) is 5.41 Å². The maximum absolute atomic E-state index is 14.9. The number of nitrogens with two attached hydrogens (primary N) is 1. The highest BCUT2D eigenvalue weighted by molar-refractivity contribution is 7.80. The molecule has 2 aliphatic heterocycles. The number of hydrogen-bond donors (Lipinski definition) is 15. The fourth-order valence-electron chi connectivity index (χ4n) is 10.3. The van der Waals surface area contributed by atoms with Crippen LogP contribution in [-0.2, 0) is 72.0 Å². The molecule has 2 saturated heterocycles. The molecule has 0 bridgehead atoms. The number of likely N-dealkylation sites (tertiary alicyclic amines) is 2. The molecule has 2 aliphatic rings. The molecule has 9 atom stereocenters. The zero-order chi connectivity index (χ0) is 61.7. The molecule has 0 saturated carbocycles. The fourth-order valence-corrected chi connectivity index (χ4v) is 10.8. The number of carbonyl (C=O) groups excluding carboxylic acids is 10. The van der Waals surface area contributed by atoms with E-state index >= 15 is 0 Å². The molecular formula is C56H75N15O12S2. The average Bonchev–Trinajstić information content (AvgIpc) is 3.53. The number of carbonyl (C=O) groups is 11. The highest BCUT2D eigenvalue weighted by Gasteiger charge is 2.43. The first-order valence-electron chi connectivity index (χ1n) is 28.0. The minimum atomic E-state index is -1.55. The Morgan fingerprint density at radius 3 is 1.79 bits per heavy atom. The summed E-state index contributed by atoms with van der Waals surface area (Å²) in [5.74, 6) is -9.01. The van der Waals surface area contributed by atoms with Crippen LogP contribution in [0.4, 0.5) is 0 Å². The van der Waals surface area contributed by atoms with Crippen LogP contribution in [0.3, 0.4) is 0 Å². The molecular weight excluding hydrogens is 1140 g/mol. The molecule has 0 aliphatic carbocycles. The summed E-state index contributed by atoms with van der Waals surface area (Å²) in [4.78, 5) is 164. The third-order valence-corrected chi connectivity index (χ3v) is 15.4. The van der Waals surface area contributed by atoms with E-state index in [0.29, 0.717) is 43.4 Å². The summed E-state index contributed by atoms with van der Waals surface area (Å²) in [5.41, 5.74) is 7.74. The first kappa shape index (κ1) is 65.7. The lowest BCUT2D eigenvalue weighted by Gasteiger charge is -2.33. The van der Waals surface area contributed by atoms with Crippen LogP contribution in [0, 0.1) is 5.41 Å². The van der Waals surface area contributed by atoms with Gasteiger partial charge in [-0.3, -0.25) is 58.1 Å². The molecule has 458 valence electrons. The predicted molar refractivity (Wildman–Crippen MR) is 318 cm³/mol. The van der Waals surface area contributed by atoms with Gasteiger partial charge in [-0.1, -0.05) is 48.5 Å². The van der Waals surface area contributed by atoms with Crippen molar-refractivity contribution in [3.63, 3.8) is 0 Å². The van der Waals surface area contributed by atoms with Crippen molar-refractivity contribution in [2.75, 3.05) is 31.1 Å². The maximum Gasteiger partial charge on any atom is 0.303 e. The number of fused-ring (bicyclic) bond motifs is 1. The normalized spacial score (nSPS) is 17.2. The van der Waals surface area contributed by atoms with E-state index in [9.17, 15) is 57.8 Å². The number of thiol groups is 2. The van der Waals surface area contributed by atoms with Gasteiger partial charge in [0.15, 0.2) is 11.7 Å². The maximum atomic E-state index is 14.9. The smallest absolute Gasteiger partial charge is 0.303 e. The zero-order valence-corrected chi connectivity index (χ0v) is 49.0. The molecule has 2 aromatic heterocycles. The van der Waals surface area contributed by atoms with Gasteiger partial charge in [0.1, 0.15) is 48.3 Å². The zero-order valence-electron chi connectivity index (χ0n) is 47.2. The molecule has 29 heteroatoms. The number of aromatic amines is 2. The highest BCUT2D eigenvalue weighted by atomic mass is 32.1. The second-order valence-corrected chi connectivity index (χ2v) is 21.6. The lowest BCUT2D eigenvalue weighted by atomic mass is 10.0. The Morgan fingerprint density at radius 2 is 1.20 bits per heavy atom. The van der Waals surface area contributed by atoms with Gasteiger partial charge in [0.25, 0.3) is 0 Å². The van der Waals surface area contributed by atoms with Crippen molar-refractivity contribution in [3.8, 4) is 0 Å². The van der Waals surface area contributed by atoms with Crippen LogP contribution in [0.25, 0.3) is 10.9 Å². The van der Waals surface area contributed by atoms with Gasteiger partial charge in [-0.2, -0.15) is 25.3 Å². The number of para-hydroxylation sites is 1. The summed E-state index contributed by atoms with van der Waals surface area (Å²) in [6, 6.07) is 4.41. The van der Waals surface area contributed by atoms with Gasteiger partial charge in [-0.25, -0.2) is 4.98 Å². The Morgan fingerprint density at radius 1 is 0.659 bits per heavy atom. The summed E-state index contributed by atoms with van der Waals surface area (Å²) < 4.78 is 0. The Bertz CT molecular complexity index is 3040. The summed E-state index contributed by atoms with van der Waals surface area (Å²) in [5, 5.41) is 39.1. The van der Waals surface area contributed by atoms with Gasteiger partial charge in [-0.15, -0.1) is 0 Å². The first-order chi connectivity index (χ1) is 40.7. The number of rotatable bonds is 31. The molecule has 14 N–H and O–H groups in total.